The molecule has 0 bridgehead atoms. The number of hydrogen-bond donors (Lipinski definition) is 2. The van der Waals surface area contributed by atoms with E-state index in [1.165, 1.54) is 11.0 Å². The third-order valence-electron chi connectivity index (χ3n) is 4.12. The number of hydrogen-bond acceptors (Lipinski definition) is 4. The zero-order valence-corrected chi connectivity index (χ0v) is 11.3. The Morgan fingerprint density at radius 3 is 2.71 bits per heavy atom. The predicted molar refractivity (Wildman–Crippen MR) is 72.5 cm³/mol. The van der Waals surface area contributed by atoms with Gasteiger partial charge in [-0.3, -0.25) is 15.2 Å². The maximum atomic E-state index is 13.6. The molecule has 0 spiro atoms. The van der Waals surface area contributed by atoms with E-state index in [9.17, 15) is 18.3 Å². The summed E-state index contributed by atoms with van der Waals surface area (Å²) >= 11 is 0. The summed E-state index contributed by atoms with van der Waals surface area (Å²) in [6.45, 7) is 1.20. The van der Waals surface area contributed by atoms with E-state index in [4.69, 9.17) is 0 Å². The fourth-order valence-corrected chi connectivity index (χ4v) is 3.06. The number of benzene rings is 1. The number of rotatable bonds is 1. The van der Waals surface area contributed by atoms with Gasteiger partial charge in [-0.1, -0.05) is 12.1 Å². The summed E-state index contributed by atoms with van der Waals surface area (Å²) < 4.78 is 40.9. The maximum Gasteiger partial charge on any atom is 0.420 e. The van der Waals surface area contributed by atoms with Gasteiger partial charge in [-0.15, -0.1) is 0 Å². The van der Waals surface area contributed by atoms with Crippen LogP contribution in [0.15, 0.2) is 29.3 Å². The van der Waals surface area contributed by atoms with Crippen molar-refractivity contribution in [2.45, 2.75) is 18.3 Å². The third kappa shape index (κ3) is 2.30. The van der Waals surface area contributed by atoms with Crippen LogP contribution in [-0.4, -0.2) is 53.7 Å². The minimum absolute atomic E-state index is 0.0416. The second kappa shape index (κ2) is 4.99. The van der Waals surface area contributed by atoms with Crippen LogP contribution in [0.3, 0.4) is 0 Å². The molecule has 7 heteroatoms. The van der Waals surface area contributed by atoms with E-state index in [0.717, 1.165) is 0 Å². The molecule has 0 amide bonds. The van der Waals surface area contributed by atoms with E-state index >= 15 is 0 Å². The molecule has 0 radical (unpaired) electrons. The van der Waals surface area contributed by atoms with Crippen LogP contribution in [0.25, 0.3) is 0 Å². The number of nitrogens with one attached hydrogen (secondary N) is 1. The van der Waals surface area contributed by atoms with E-state index in [1.54, 1.807) is 18.2 Å². The second-order valence-corrected chi connectivity index (χ2v) is 5.29. The lowest BCUT2D eigenvalue weighted by Gasteiger charge is -2.38. The van der Waals surface area contributed by atoms with E-state index < -0.39 is 11.8 Å². The molecule has 0 saturated carbocycles. The lowest BCUT2D eigenvalue weighted by molar-refractivity contribution is -0.227. The van der Waals surface area contributed by atoms with Crippen molar-refractivity contribution in [3.63, 3.8) is 0 Å². The number of nitrogens with zero attached hydrogens (tertiary/aromatic N) is 2. The molecule has 4 nitrogen and oxygen atoms in total. The highest BCUT2D eigenvalue weighted by Gasteiger charge is 2.61. The zero-order chi connectivity index (χ0) is 15.1. The molecule has 1 aromatic rings. The molecule has 3 rings (SSSR count). The van der Waals surface area contributed by atoms with Crippen molar-refractivity contribution < 1.29 is 18.3 Å². The van der Waals surface area contributed by atoms with Gasteiger partial charge in [-0.05, 0) is 12.1 Å². The van der Waals surface area contributed by atoms with Crippen LogP contribution < -0.4 is 5.32 Å². The Morgan fingerprint density at radius 2 is 2.00 bits per heavy atom. The van der Waals surface area contributed by atoms with Crippen LogP contribution in [0.4, 0.5) is 13.2 Å². The molecule has 0 aromatic heterocycles. The van der Waals surface area contributed by atoms with Crippen molar-refractivity contribution in [1.29, 1.82) is 0 Å². The van der Waals surface area contributed by atoms with E-state index in [1.807, 2.05) is 0 Å². The minimum atomic E-state index is -4.40. The average Bonchev–Trinajstić information content (AvgIpc) is 2.74. The van der Waals surface area contributed by atoms with Crippen LogP contribution in [0, 0.1) is 0 Å². The van der Waals surface area contributed by atoms with Crippen LogP contribution in [-0.2, 0) is 0 Å². The van der Waals surface area contributed by atoms with Gasteiger partial charge in [0, 0.05) is 37.3 Å². The van der Waals surface area contributed by atoms with Gasteiger partial charge in [0.1, 0.15) is 5.75 Å². The fourth-order valence-electron chi connectivity index (χ4n) is 3.06. The smallest absolute Gasteiger partial charge is 0.420 e. The first-order valence-corrected chi connectivity index (χ1v) is 6.82. The van der Waals surface area contributed by atoms with Gasteiger partial charge in [0.2, 0.25) is 0 Å². The number of fused-ring (bicyclic) bond motifs is 1. The quantitative estimate of drug-likeness (QED) is 0.830. The summed E-state index contributed by atoms with van der Waals surface area (Å²) in [5.74, 6) is -0.0416. The zero-order valence-electron chi connectivity index (χ0n) is 11.3. The second-order valence-electron chi connectivity index (χ2n) is 5.29. The molecule has 1 fully saturated rings. The van der Waals surface area contributed by atoms with Crippen LogP contribution in [0.2, 0.25) is 0 Å². The number of alkyl halides is 3. The van der Waals surface area contributed by atoms with Gasteiger partial charge in [0.05, 0.1) is 6.54 Å². The van der Waals surface area contributed by atoms with Crippen LogP contribution in [0.1, 0.15) is 12.0 Å². The molecular weight excluding hydrogens is 283 g/mol. The first kappa shape index (κ1) is 14.3. The molecule has 1 atom stereocenters. The number of para-hydroxylation sites is 1. The first-order valence-electron chi connectivity index (χ1n) is 6.82. The van der Waals surface area contributed by atoms with Gasteiger partial charge >= 0.3 is 6.18 Å². The molecule has 1 aromatic carbocycles. The van der Waals surface area contributed by atoms with Crippen molar-refractivity contribution in [3.05, 3.63) is 29.8 Å². The summed E-state index contributed by atoms with van der Waals surface area (Å²) in [5.41, 5.74) is -1.41. The molecule has 0 aliphatic carbocycles. The van der Waals surface area contributed by atoms with E-state index in [-0.39, 0.29) is 18.7 Å². The van der Waals surface area contributed by atoms with Crippen molar-refractivity contribution >= 4 is 5.71 Å². The number of halogens is 3. The van der Waals surface area contributed by atoms with E-state index in [2.05, 4.69) is 10.3 Å². The predicted octanol–water partition coefficient (Wildman–Crippen LogP) is 1.75. The van der Waals surface area contributed by atoms with Crippen molar-refractivity contribution in [2.24, 2.45) is 4.99 Å². The average molecular weight is 299 g/mol. The number of phenolic OH excluding ortho intramolecular Hbond substituents is 1. The van der Waals surface area contributed by atoms with Gasteiger partial charge in [-0.25, -0.2) is 0 Å². The Balaban J connectivity index is 2.02. The highest BCUT2D eigenvalue weighted by molar-refractivity contribution is 6.03. The Labute approximate surface area is 120 Å². The monoisotopic (exact) mass is 299 g/mol. The lowest BCUT2D eigenvalue weighted by Crippen LogP contribution is -2.62. The largest absolute Gasteiger partial charge is 0.507 e. The Bertz CT molecular complexity index is 573. The normalized spacial score (nSPS) is 27.1. The molecule has 1 saturated heterocycles. The number of aromatic hydroxyl groups is 1. The van der Waals surface area contributed by atoms with Crippen LogP contribution in [0.5, 0.6) is 5.75 Å². The highest BCUT2D eigenvalue weighted by atomic mass is 19.4. The molecular formula is C14H16F3N3O. The van der Waals surface area contributed by atoms with Crippen molar-refractivity contribution in [2.75, 3.05) is 26.2 Å². The number of phenols is 1. The molecule has 2 aliphatic rings. The summed E-state index contributed by atoms with van der Waals surface area (Å²) in [6, 6.07) is 6.38. The van der Waals surface area contributed by atoms with Gasteiger partial charge in [0.15, 0.2) is 5.66 Å². The fraction of sp³-hybridized carbons (Fsp3) is 0.500. The van der Waals surface area contributed by atoms with E-state index in [0.29, 0.717) is 30.9 Å². The lowest BCUT2D eigenvalue weighted by atomic mass is 9.96. The summed E-state index contributed by atoms with van der Waals surface area (Å²) in [7, 11) is 0. The van der Waals surface area contributed by atoms with Gasteiger partial charge in [-0.2, -0.15) is 13.2 Å². The van der Waals surface area contributed by atoms with Crippen LogP contribution >= 0.6 is 0 Å². The topological polar surface area (TPSA) is 47.9 Å². The minimum Gasteiger partial charge on any atom is -0.507 e. The Hall–Kier alpha value is -1.60. The summed E-state index contributed by atoms with van der Waals surface area (Å²) in [4.78, 5) is 5.68. The number of aliphatic imine (C=N–C) groups is 1. The summed E-state index contributed by atoms with van der Waals surface area (Å²) in [6.07, 6.45) is -4.70. The standard InChI is InChI=1S/C14H16F3N3O/c15-14(16,17)13-9-11(10-3-1-2-4-12(10)21)18-5-7-20(13)8-6-19-13/h1-4,19,21H,5-9H2. The molecule has 2 N–H and O–H groups in total. The van der Waals surface area contributed by atoms with Crippen molar-refractivity contribution in [3.8, 4) is 5.75 Å². The molecule has 2 heterocycles. The highest BCUT2D eigenvalue weighted by Crippen LogP contribution is 2.40. The van der Waals surface area contributed by atoms with Crippen molar-refractivity contribution in [1.82, 2.24) is 10.2 Å². The molecule has 1 unspecified atom stereocenters. The maximum absolute atomic E-state index is 13.6. The van der Waals surface area contributed by atoms with Gasteiger partial charge in [0.25, 0.3) is 0 Å². The summed E-state index contributed by atoms with van der Waals surface area (Å²) in [5, 5.41) is 12.5. The molecule has 2 aliphatic heterocycles. The first-order chi connectivity index (χ1) is 9.94. The SMILES string of the molecule is Oc1ccccc1C1=NCCN2CCNC2(C(F)(F)F)C1. The third-order valence-corrected chi connectivity index (χ3v) is 4.12. The Kier molecular flexibility index (Phi) is 3.41. The Morgan fingerprint density at radius 1 is 1.24 bits per heavy atom. The molecule has 21 heavy (non-hydrogen) atoms. The molecule has 114 valence electrons. The van der Waals surface area contributed by atoms with Gasteiger partial charge < -0.3 is 5.11 Å².